The molecule has 0 bridgehead atoms. The number of aromatic nitrogens is 5. The van der Waals surface area contributed by atoms with Crippen molar-refractivity contribution in [3.63, 3.8) is 0 Å². The predicted octanol–water partition coefficient (Wildman–Crippen LogP) is 4.12. The van der Waals surface area contributed by atoms with E-state index in [9.17, 15) is 9.90 Å². The first-order valence-corrected chi connectivity index (χ1v) is 11.4. The van der Waals surface area contributed by atoms with Gasteiger partial charge in [0.25, 0.3) is 5.56 Å². The van der Waals surface area contributed by atoms with Crippen molar-refractivity contribution in [2.24, 2.45) is 0 Å². The molecular formula is C27H29N5O3. The monoisotopic (exact) mass is 471 g/mol. The third kappa shape index (κ3) is 5.12. The zero-order valence-electron chi connectivity index (χ0n) is 20.8. The molecule has 8 nitrogen and oxygen atoms in total. The van der Waals surface area contributed by atoms with Crippen molar-refractivity contribution in [1.82, 2.24) is 24.5 Å². The van der Waals surface area contributed by atoms with E-state index >= 15 is 0 Å². The van der Waals surface area contributed by atoms with Gasteiger partial charge >= 0.3 is 0 Å². The molecule has 4 heterocycles. The quantitative estimate of drug-likeness (QED) is 0.451. The molecule has 0 fully saturated rings. The van der Waals surface area contributed by atoms with Gasteiger partial charge in [-0.2, -0.15) is 0 Å². The lowest BCUT2D eigenvalue weighted by atomic mass is 10.1. The first kappa shape index (κ1) is 24.2. The predicted molar refractivity (Wildman–Crippen MR) is 134 cm³/mol. The Morgan fingerprint density at radius 2 is 1.80 bits per heavy atom. The van der Waals surface area contributed by atoms with Crippen LogP contribution in [0.4, 0.5) is 0 Å². The molecule has 0 saturated heterocycles. The minimum absolute atomic E-state index is 0.175. The standard InChI is InChI=1S/C27H29N5O3/c1-16-14-29-26(27(5,6)34)31-24(16)22-13-21(10-11-28-22)32-18(3)12-23(19(4)25(32)33)35-15-20-9-7-8-17(2)30-20/h7-14,34H,15H2,1-6H3. The van der Waals surface area contributed by atoms with Crippen LogP contribution in [-0.4, -0.2) is 29.6 Å². The zero-order valence-corrected chi connectivity index (χ0v) is 20.8. The molecule has 0 aliphatic heterocycles. The maximum Gasteiger partial charge on any atom is 0.261 e. The average Bonchev–Trinajstić information content (AvgIpc) is 2.80. The molecule has 35 heavy (non-hydrogen) atoms. The van der Waals surface area contributed by atoms with Crippen LogP contribution in [0.5, 0.6) is 5.75 Å². The molecule has 0 unspecified atom stereocenters. The highest BCUT2D eigenvalue weighted by atomic mass is 16.5. The Morgan fingerprint density at radius 1 is 1.03 bits per heavy atom. The van der Waals surface area contributed by atoms with Crippen LogP contribution < -0.4 is 10.3 Å². The summed E-state index contributed by atoms with van der Waals surface area (Å²) in [4.78, 5) is 31.1. The number of aryl methyl sites for hydroxylation is 3. The summed E-state index contributed by atoms with van der Waals surface area (Å²) in [6.07, 6.45) is 3.31. The van der Waals surface area contributed by atoms with Gasteiger partial charge in [0.15, 0.2) is 5.82 Å². The van der Waals surface area contributed by atoms with Gasteiger partial charge in [-0.25, -0.2) is 9.97 Å². The van der Waals surface area contributed by atoms with Crippen molar-refractivity contribution in [2.75, 3.05) is 0 Å². The second-order valence-electron chi connectivity index (χ2n) is 9.16. The highest BCUT2D eigenvalue weighted by molar-refractivity contribution is 5.61. The average molecular weight is 472 g/mol. The molecule has 0 saturated carbocycles. The molecule has 4 aromatic rings. The normalized spacial score (nSPS) is 11.5. The lowest BCUT2D eigenvalue weighted by molar-refractivity contribution is 0.0688. The van der Waals surface area contributed by atoms with E-state index in [4.69, 9.17) is 4.74 Å². The molecule has 0 aromatic carbocycles. The smallest absolute Gasteiger partial charge is 0.261 e. The van der Waals surface area contributed by atoms with Crippen LogP contribution in [0, 0.1) is 27.7 Å². The van der Waals surface area contributed by atoms with Crippen molar-refractivity contribution in [2.45, 2.75) is 53.8 Å². The highest BCUT2D eigenvalue weighted by Crippen LogP contribution is 2.25. The minimum Gasteiger partial charge on any atom is -0.487 e. The number of aliphatic hydroxyl groups is 1. The van der Waals surface area contributed by atoms with Crippen LogP contribution >= 0.6 is 0 Å². The van der Waals surface area contributed by atoms with E-state index in [0.29, 0.717) is 34.2 Å². The van der Waals surface area contributed by atoms with Crippen molar-refractivity contribution in [3.05, 3.63) is 93.2 Å². The molecule has 1 N–H and O–H groups in total. The number of pyridine rings is 3. The molecule has 0 aliphatic carbocycles. The third-order valence-electron chi connectivity index (χ3n) is 5.67. The molecule has 0 spiro atoms. The number of nitrogens with zero attached hydrogens (tertiary/aromatic N) is 5. The van der Waals surface area contributed by atoms with Gasteiger partial charge in [0, 0.05) is 29.8 Å². The van der Waals surface area contributed by atoms with Gasteiger partial charge in [-0.05, 0) is 71.4 Å². The van der Waals surface area contributed by atoms with Crippen molar-refractivity contribution >= 4 is 0 Å². The van der Waals surface area contributed by atoms with Gasteiger partial charge in [-0.3, -0.25) is 19.3 Å². The SMILES string of the molecule is Cc1cccc(COc2cc(C)n(-c3ccnc(-c4nc(C(C)(C)O)ncc4C)c3)c(=O)c2C)n1. The fourth-order valence-corrected chi connectivity index (χ4v) is 3.78. The van der Waals surface area contributed by atoms with Crippen LogP contribution in [0.3, 0.4) is 0 Å². The van der Waals surface area contributed by atoms with Gasteiger partial charge in [-0.15, -0.1) is 0 Å². The second kappa shape index (κ2) is 9.38. The van der Waals surface area contributed by atoms with Crippen LogP contribution in [0.2, 0.25) is 0 Å². The van der Waals surface area contributed by atoms with Gasteiger partial charge in [0.2, 0.25) is 0 Å². The third-order valence-corrected chi connectivity index (χ3v) is 5.67. The summed E-state index contributed by atoms with van der Waals surface area (Å²) in [6, 6.07) is 11.2. The maximum atomic E-state index is 13.4. The molecule has 4 rings (SSSR count). The summed E-state index contributed by atoms with van der Waals surface area (Å²) in [5, 5.41) is 10.3. The van der Waals surface area contributed by atoms with Crippen LogP contribution in [-0.2, 0) is 12.2 Å². The Bertz CT molecular complexity index is 1450. The molecule has 8 heteroatoms. The minimum atomic E-state index is -1.19. The highest BCUT2D eigenvalue weighted by Gasteiger charge is 2.22. The van der Waals surface area contributed by atoms with Crippen molar-refractivity contribution in [1.29, 1.82) is 0 Å². The van der Waals surface area contributed by atoms with E-state index in [1.807, 2.05) is 51.1 Å². The topological polar surface area (TPSA) is 103 Å². The summed E-state index contributed by atoms with van der Waals surface area (Å²) < 4.78 is 7.59. The lowest BCUT2D eigenvalue weighted by Gasteiger charge is -2.18. The van der Waals surface area contributed by atoms with E-state index in [0.717, 1.165) is 22.6 Å². The Hall–Kier alpha value is -3.91. The second-order valence-corrected chi connectivity index (χ2v) is 9.16. The van der Waals surface area contributed by atoms with E-state index in [1.165, 1.54) is 0 Å². The summed E-state index contributed by atoms with van der Waals surface area (Å²) >= 11 is 0. The number of hydrogen-bond donors (Lipinski definition) is 1. The zero-order chi connectivity index (χ0) is 25.3. The van der Waals surface area contributed by atoms with Gasteiger partial charge in [0.05, 0.1) is 28.3 Å². The molecule has 4 aromatic heterocycles. The number of hydrogen-bond acceptors (Lipinski definition) is 7. The fraction of sp³-hybridized carbons (Fsp3) is 0.296. The first-order chi connectivity index (χ1) is 16.5. The molecular weight excluding hydrogens is 442 g/mol. The van der Waals surface area contributed by atoms with E-state index in [2.05, 4.69) is 19.9 Å². The lowest BCUT2D eigenvalue weighted by Crippen LogP contribution is -2.24. The summed E-state index contributed by atoms with van der Waals surface area (Å²) in [7, 11) is 0. The van der Waals surface area contributed by atoms with Gasteiger partial charge in [-0.1, -0.05) is 6.07 Å². The Labute approximate surface area is 204 Å². The fourth-order valence-electron chi connectivity index (χ4n) is 3.78. The molecule has 0 amide bonds. The van der Waals surface area contributed by atoms with Crippen LogP contribution in [0.15, 0.2) is 53.6 Å². The Kier molecular flexibility index (Phi) is 6.49. The van der Waals surface area contributed by atoms with Crippen molar-refractivity contribution in [3.8, 4) is 22.8 Å². The molecule has 0 aliphatic rings. The van der Waals surface area contributed by atoms with Crippen LogP contribution in [0.1, 0.15) is 47.9 Å². The van der Waals surface area contributed by atoms with E-state index in [1.54, 1.807) is 43.8 Å². The number of rotatable bonds is 6. The van der Waals surface area contributed by atoms with E-state index in [-0.39, 0.29) is 12.2 Å². The summed E-state index contributed by atoms with van der Waals surface area (Å²) in [6.45, 7) is 11.0. The molecule has 0 radical (unpaired) electrons. The molecule has 180 valence electrons. The largest absolute Gasteiger partial charge is 0.487 e. The Morgan fingerprint density at radius 3 is 2.51 bits per heavy atom. The maximum absolute atomic E-state index is 13.4. The van der Waals surface area contributed by atoms with Gasteiger partial charge in [0.1, 0.15) is 18.0 Å². The Balaban J connectivity index is 1.71. The number of ether oxygens (including phenoxy) is 1. The van der Waals surface area contributed by atoms with Crippen molar-refractivity contribution < 1.29 is 9.84 Å². The van der Waals surface area contributed by atoms with Gasteiger partial charge < -0.3 is 9.84 Å². The van der Waals surface area contributed by atoms with Crippen LogP contribution in [0.25, 0.3) is 17.1 Å². The first-order valence-electron chi connectivity index (χ1n) is 11.4. The molecule has 0 atom stereocenters. The summed E-state index contributed by atoms with van der Waals surface area (Å²) in [5.41, 5.74) is 4.25. The van der Waals surface area contributed by atoms with E-state index < -0.39 is 5.60 Å². The summed E-state index contributed by atoms with van der Waals surface area (Å²) in [5.74, 6) is 0.835.